The number of hydrogen-bond donors (Lipinski definition) is 3. The van der Waals surface area contributed by atoms with Crippen LogP contribution in [-0.4, -0.2) is 17.6 Å². The SMILES string of the molecule is CC1=C(C(=O)Nc2ccc(Cl)cc2)[C@@H](c2ccccc2)C(C#N)=C(SCC(=O)Nc2cccc(Cl)c2C)N1. The van der Waals surface area contributed by atoms with E-state index < -0.39 is 5.92 Å². The van der Waals surface area contributed by atoms with Crippen molar-refractivity contribution >= 4 is 58.2 Å². The largest absolute Gasteiger partial charge is 0.353 e. The molecule has 3 aromatic carbocycles. The molecule has 0 spiro atoms. The fraction of sp³-hybridized carbons (Fsp3) is 0.138. The monoisotopic (exact) mass is 562 g/mol. The molecular weight excluding hydrogens is 539 g/mol. The van der Waals surface area contributed by atoms with Crippen molar-refractivity contribution in [3.05, 3.63) is 116 Å². The molecule has 3 aromatic rings. The van der Waals surface area contributed by atoms with E-state index in [1.54, 1.807) is 49.4 Å². The Labute approximate surface area is 235 Å². The van der Waals surface area contributed by atoms with Gasteiger partial charge in [0.1, 0.15) is 0 Å². The van der Waals surface area contributed by atoms with Crippen molar-refractivity contribution in [3.8, 4) is 6.07 Å². The molecule has 0 aliphatic carbocycles. The van der Waals surface area contributed by atoms with Gasteiger partial charge in [-0.3, -0.25) is 9.59 Å². The maximum Gasteiger partial charge on any atom is 0.254 e. The van der Waals surface area contributed by atoms with Crippen LogP contribution in [0.3, 0.4) is 0 Å². The Morgan fingerprint density at radius 1 is 0.974 bits per heavy atom. The fourth-order valence-corrected chi connectivity index (χ4v) is 5.30. The van der Waals surface area contributed by atoms with Gasteiger partial charge in [0.15, 0.2) is 0 Å². The highest BCUT2D eigenvalue weighted by Gasteiger charge is 2.34. The maximum absolute atomic E-state index is 13.5. The lowest BCUT2D eigenvalue weighted by Gasteiger charge is -2.30. The number of hydrogen-bond acceptors (Lipinski definition) is 5. The molecule has 3 N–H and O–H groups in total. The number of carbonyl (C=O) groups excluding carboxylic acids is 2. The van der Waals surface area contributed by atoms with Crippen LogP contribution < -0.4 is 16.0 Å². The second-order valence-corrected chi connectivity index (χ2v) is 10.4. The van der Waals surface area contributed by atoms with E-state index in [2.05, 4.69) is 22.0 Å². The molecule has 0 radical (unpaired) electrons. The van der Waals surface area contributed by atoms with Crippen molar-refractivity contribution in [1.29, 1.82) is 5.26 Å². The predicted molar refractivity (Wildman–Crippen MR) is 155 cm³/mol. The van der Waals surface area contributed by atoms with E-state index in [0.717, 1.165) is 11.1 Å². The van der Waals surface area contributed by atoms with Crippen LogP contribution in [0.2, 0.25) is 10.0 Å². The lowest BCUT2D eigenvalue weighted by Crippen LogP contribution is -2.31. The number of rotatable bonds is 7. The van der Waals surface area contributed by atoms with Gasteiger partial charge in [0.05, 0.1) is 28.3 Å². The van der Waals surface area contributed by atoms with Gasteiger partial charge < -0.3 is 16.0 Å². The number of halogens is 2. The summed E-state index contributed by atoms with van der Waals surface area (Å²) in [5.74, 6) is -1.13. The molecule has 9 heteroatoms. The fourth-order valence-electron chi connectivity index (χ4n) is 4.10. The molecule has 4 rings (SSSR count). The first-order chi connectivity index (χ1) is 18.3. The van der Waals surface area contributed by atoms with Crippen LogP contribution in [0.4, 0.5) is 11.4 Å². The van der Waals surface area contributed by atoms with Crippen molar-refractivity contribution in [1.82, 2.24) is 5.32 Å². The van der Waals surface area contributed by atoms with E-state index in [9.17, 15) is 14.9 Å². The summed E-state index contributed by atoms with van der Waals surface area (Å²) in [6.45, 7) is 3.62. The Balaban J connectivity index is 1.61. The summed E-state index contributed by atoms with van der Waals surface area (Å²) >= 11 is 13.4. The Morgan fingerprint density at radius 3 is 2.37 bits per heavy atom. The number of thioether (sulfide) groups is 1. The van der Waals surface area contributed by atoms with Crippen molar-refractivity contribution in [2.75, 3.05) is 16.4 Å². The molecule has 0 unspecified atom stereocenters. The van der Waals surface area contributed by atoms with Crippen LogP contribution in [0.1, 0.15) is 24.0 Å². The molecule has 0 bridgehead atoms. The standard InChI is InChI=1S/C29H24Cl2N4O2S/c1-17-23(31)9-6-10-24(17)35-25(36)16-38-29-22(15-32)27(19-7-4-3-5-8-19)26(18(2)33-29)28(37)34-21-13-11-20(30)12-14-21/h3-14,27,33H,16H2,1-2H3,(H,34,37)(H,35,36)/t27-/m0/s1. The zero-order valence-electron chi connectivity index (χ0n) is 20.6. The van der Waals surface area contributed by atoms with Gasteiger partial charge in [-0.2, -0.15) is 5.26 Å². The molecule has 192 valence electrons. The van der Waals surface area contributed by atoms with Gasteiger partial charge in [-0.25, -0.2) is 0 Å². The number of nitrogens with zero attached hydrogens (tertiary/aromatic N) is 1. The quantitative estimate of drug-likeness (QED) is 0.288. The Kier molecular flexibility index (Phi) is 8.80. The maximum atomic E-state index is 13.5. The zero-order chi connectivity index (χ0) is 27.2. The van der Waals surface area contributed by atoms with Crippen LogP contribution in [-0.2, 0) is 9.59 Å². The first-order valence-electron chi connectivity index (χ1n) is 11.7. The number of carbonyl (C=O) groups is 2. The molecule has 0 saturated carbocycles. The molecule has 38 heavy (non-hydrogen) atoms. The van der Waals surface area contributed by atoms with Gasteiger partial charge >= 0.3 is 0 Å². The summed E-state index contributed by atoms with van der Waals surface area (Å²) in [5.41, 5.74) is 4.17. The van der Waals surface area contributed by atoms with E-state index in [1.165, 1.54) is 11.8 Å². The van der Waals surface area contributed by atoms with Gasteiger partial charge in [0.2, 0.25) is 5.91 Å². The van der Waals surface area contributed by atoms with Gasteiger partial charge in [-0.1, -0.05) is 71.4 Å². The second kappa shape index (κ2) is 12.2. The third-order valence-corrected chi connectivity index (χ3v) is 7.70. The molecule has 0 fully saturated rings. The Bertz CT molecular complexity index is 1480. The number of nitriles is 1. The van der Waals surface area contributed by atoms with Crippen LogP contribution in [0.15, 0.2) is 94.7 Å². The van der Waals surface area contributed by atoms with Crippen LogP contribution in [0.5, 0.6) is 0 Å². The lowest BCUT2D eigenvalue weighted by atomic mass is 9.82. The zero-order valence-corrected chi connectivity index (χ0v) is 23.0. The molecule has 1 aliphatic heterocycles. The summed E-state index contributed by atoms with van der Waals surface area (Å²) in [6, 6.07) is 23.8. The van der Waals surface area contributed by atoms with E-state index >= 15 is 0 Å². The minimum Gasteiger partial charge on any atom is -0.353 e. The van der Waals surface area contributed by atoms with Gasteiger partial charge in [0, 0.05) is 32.7 Å². The van der Waals surface area contributed by atoms with Gasteiger partial charge in [0.25, 0.3) is 5.91 Å². The van der Waals surface area contributed by atoms with Crippen molar-refractivity contribution in [2.24, 2.45) is 0 Å². The normalized spacial score (nSPS) is 15.0. The number of allylic oxidation sites excluding steroid dienone is 2. The summed E-state index contributed by atoms with van der Waals surface area (Å²) < 4.78 is 0. The van der Waals surface area contributed by atoms with Crippen molar-refractivity contribution in [2.45, 2.75) is 19.8 Å². The molecule has 0 saturated heterocycles. The second-order valence-electron chi connectivity index (χ2n) is 8.57. The van der Waals surface area contributed by atoms with Gasteiger partial charge in [-0.15, -0.1) is 0 Å². The first-order valence-corrected chi connectivity index (χ1v) is 13.4. The molecule has 6 nitrogen and oxygen atoms in total. The van der Waals surface area contributed by atoms with Crippen LogP contribution >= 0.6 is 35.0 Å². The number of anilines is 2. The minimum atomic E-state index is -0.615. The topological polar surface area (TPSA) is 94.0 Å². The van der Waals surface area contributed by atoms with Crippen molar-refractivity contribution < 1.29 is 9.59 Å². The number of dihydropyridines is 1. The third-order valence-electron chi connectivity index (χ3n) is 6.02. The predicted octanol–water partition coefficient (Wildman–Crippen LogP) is 7.01. The summed E-state index contributed by atoms with van der Waals surface area (Å²) in [7, 11) is 0. The average Bonchev–Trinajstić information content (AvgIpc) is 2.91. The molecule has 1 atom stereocenters. The Morgan fingerprint density at radius 2 is 1.68 bits per heavy atom. The van der Waals surface area contributed by atoms with E-state index in [0.29, 0.717) is 43.3 Å². The minimum absolute atomic E-state index is 0.0561. The number of amides is 2. The molecule has 2 amide bonds. The average molecular weight is 564 g/mol. The number of nitrogens with one attached hydrogen (secondary N) is 3. The lowest BCUT2D eigenvalue weighted by molar-refractivity contribution is -0.114. The molecule has 1 heterocycles. The van der Waals surface area contributed by atoms with E-state index in [1.807, 2.05) is 37.3 Å². The molecular formula is C29H24Cl2N4O2S. The van der Waals surface area contributed by atoms with E-state index in [4.69, 9.17) is 23.2 Å². The van der Waals surface area contributed by atoms with Crippen LogP contribution in [0.25, 0.3) is 0 Å². The highest BCUT2D eigenvalue weighted by Crippen LogP contribution is 2.41. The van der Waals surface area contributed by atoms with E-state index in [-0.39, 0.29) is 17.6 Å². The smallest absolute Gasteiger partial charge is 0.254 e. The van der Waals surface area contributed by atoms with Crippen molar-refractivity contribution in [3.63, 3.8) is 0 Å². The number of benzene rings is 3. The van der Waals surface area contributed by atoms with Crippen LogP contribution in [0, 0.1) is 18.3 Å². The Hall–Kier alpha value is -3.70. The summed E-state index contributed by atoms with van der Waals surface area (Å²) in [5, 5.41) is 20.9. The third kappa shape index (κ3) is 6.22. The molecule has 1 aliphatic rings. The first kappa shape index (κ1) is 27.3. The highest BCUT2D eigenvalue weighted by atomic mass is 35.5. The summed E-state index contributed by atoms with van der Waals surface area (Å²) in [6.07, 6.45) is 0. The highest BCUT2D eigenvalue weighted by molar-refractivity contribution is 8.03. The van der Waals surface area contributed by atoms with Gasteiger partial charge in [-0.05, 0) is 61.4 Å². The molecule has 0 aromatic heterocycles. The summed E-state index contributed by atoms with van der Waals surface area (Å²) in [4.78, 5) is 26.2.